The fraction of sp³-hybridized carbons (Fsp3) is 0.818. The second-order valence-corrected chi connectivity index (χ2v) is 4.60. The molecule has 0 bridgehead atoms. The van der Waals surface area contributed by atoms with Gasteiger partial charge in [-0.2, -0.15) is 0 Å². The van der Waals surface area contributed by atoms with Crippen molar-refractivity contribution in [1.82, 2.24) is 10.6 Å². The van der Waals surface area contributed by atoms with Crippen LogP contribution < -0.4 is 10.6 Å². The van der Waals surface area contributed by atoms with E-state index in [1.54, 1.807) is 20.9 Å². The SMILES string of the molecule is CNC(=O)C(C)(C)CNC(=O)COC(C)C. The quantitative estimate of drug-likeness (QED) is 0.689. The van der Waals surface area contributed by atoms with E-state index >= 15 is 0 Å². The van der Waals surface area contributed by atoms with Gasteiger partial charge in [0, 0.05) is 13.6 Å². The molecular formula is C11H22N2O3. The summed E-state index contributed by atoms with van der Waals surface area (Å²) in [5.41, 5.74) is -0.609. The number of amides is 2. The van der Waals surface area contributed by atoms with Gasteiger partial charge in [0.2, 0.25) is 11.8 Å². The summed E-state index contributed by atoms with van der Waals surface area (Å²) < 4.78 is 5.14. The van der Waals surface area contributed by atoms with Crippen molar-refractivity contribution >= 4 is 11.8 Å². The van der Waals surface area contributed by atoms with Gasteiger partial charge in [-0.25, -0.2) is 0 Å². The Morgan fingerprint density at radius 3 is 2.31 bits per heavy atom. The average Bonchev–Trinajstić information content (AvgIpc) is 2.22. The van der Waals surface area contributed by atoms with Gasteiger partial charge in [0.15, 0.2) is 0 Å². The zero-order chi connectivity index (χ0) is 12.8. The predicted octanol–water partition coefficient (Wildman–Crippen LogP) is 0.300. The largest absolute Gasteiger partial charge is 0.369 e. The number of carbonyl (C=O) groups is 2. The van der Waals surface area contributed by atoms with Crippen LogP contribution >= 0.6 is 0 Å². The molecule has 0 aliphatic rings. The third-order valence-electron chi connectivity index (χ3n) is 2.12. The molecule has 0 heterocycles. The molecule has 0 aliphatic heterocycles. The third kappa shape index (κ3) is 5.70. The molecule has 94 valence electrons. The highest BCUT2D eigenvalue weighted by Crippen LogP contribution is 2.12. The van der Waals surface area contributed by atoms with Crippen molar-refractivity contribution in [2.45, 2.75) is 33.8 Å². The molecular weight excluding hydrogens is 208 g/mol. The zero-order valence-corrected chi connectivity index (χ0v) is 10.7. The maximum Gasteiger partial charge on any atom is 0.246 e. The highest BCUT2D eigenvalue weighted by atomic mass is 16.5. The van der Waals surface area contributed by atoms with Crippen LogP contribution in [0.3, 0.4) is 0 Å². The molecule has 0 atom stereocenters. The van der Waals surface area contributed by atoms with E-state index in [2.05, 4.69) is 10.6 Å². The first-order chi connectivity index (χ1) is 7.29. The monoisotopic (exact) mass is 230 g/mol. The smallest absolute Gasteiger partial charge is 0.246 e. The Bertz CT molecular complexity index is 250. The number of carbonyl (C=O) groups excluding carboxylic acids is 2. The van der Waals surface area contributed by atoms with E-state index in [0.717, 1.165) is 0 Å². The van der Waals surface area contributed by atoms with Crippen LogP contribution in [-0.4, -0.2) is 38.1 Å². The fourth-order valence-electron chi connectivity index (χ4n) is 1.03. The van der Waals surface area contributed by atoms with Crippen molar-refractivity contribution in [3.8, 4) is 0 Å². The minimum absolute atomic E-state index is 0.0256. The summed E-state index contributed by atoms with van der Waals surface area (Å²) >= 11 is 0. The standard InChI is InChI=1S/C11H22N2O3/c1-8(2)16-6-9(14)13-7-11(3,4)10(15)12-5/h8H,6-7H2,1-5H3,(H,12,15)(H,13,14). The van der Waals surface area contributed by atoms with Crippen LogP contribution in [0, 0.1) is 5.41 Å². The molecule has 16 heavy (non-hydrogen) atoms. The molecule has 0 fully saturated rings. The molecule has 0 radical (unpaired) electrons. The third-order valence-corrected chi connectivity index (χ3v) is 2.12. The molecule has 2 N–H and O–H groups in total. The molecule has 0 aliphatic carbocycles. The second kappa shape index (κ2) is 6.48. The van der Waals surface area contributed by atoms with Gasteiger partial charge >= 0.3 is 0 Å². The summed E-state index contributed by atoms with van der Waals surface area (Å²) in [6, 6.07) is 0. The van der Waals surface area contributed by atoms with Crippen LogP contribution in [0.5, 0.6) is 0 Å². The first-order valence-corrected chi connectivity index (χ1v) is 5.40. The maximum atomic E-state index is 11.4. The lowest BCUT2D eigenvalue weighted by Crippen LogP contribution is -2.44. The van der Waals surface area contributed by atoms with E-state index in [9.17, 15) is 9.59 Å². The van der Waals surface area contributed by atoms with Gasteiger partial charge < -0.3 is 15.4 Å². The minimum atomic E-state index is -0.609. The zero-order valence-electron chi connectivity index (χ0n) is 10.7. The number of rotatable bonds is 6. The number of hydrogen-bond acceptors (Lipinski definition) is 3. The molecule has 0 aromatic heterocycles. The molecule has 2 amide bonds. The Kier molecular flexibility index (Phi) is 6.03. The van der Waals surface area contributed by atoms with E-state index in [4.69, 9.17) is 4.74 Å². The van der Waals surface area contributed by atoms with Gasteiger partial charge in [-0.05, 0) is 27.7 Å². The van der Waals surface area contributed by atoms with Crippen molar-refractivity contribution < 1.29 is 14.3 Å². The predicted molar refractivity (Wildman–Crippen MR) is 61.9 cm³/mol. The lowest BCUT2D eigenvalue weighted by molar-refractivity contribution is -0.131. The van der Waals surface area contributed by atoms with Crippen LogP contribution in [0.15, 0.2) is 0 Å². The normalized spacial score (nSPS) is 11.4. The maximum absolute atomic E-state index is 11.4. The summed E-state index contributed by atoms with van der Waals surface area (Å²) in [5.74, 6) is -0.303. The molecule has 0 spiro atoms. The lowest BCUT2D eigenvalue weighted by atomic mass is 9.92. The molecule has 0 aromatic carbocycles. The summed E-state index contributed by atoms with van der Waals surface area (Å²) in [5, 5.41) is 5.23. The summed E-state index contributed by atoms with van der Waals surface area (Å²) in [4.78, 5) is 22.8. The van der Waals surface area contributed by atoms with Gasteiger partial charge in [0.25, 0.3) is 0 Å². The number of nitrogens with one attached hydrogen (secondary N) is 2. The molecule has 0 unspecified atom stereocenters. The lowest BCUT2D eigenvalue weighted by Gasteiger charge is -2.22. The van der Waals surface area contributed by atoms with Crippen LogP contribution in [0.1, 0.15) is 27.7 Å². The van der Waals surface area contributed by atoms with Crippen molar-refractivity contribution in [2.24, 2.45) is 5.41 Å². The molecule has 5 heteroatoms. The van der Waals surface area contributed by atoms with Crippen LogP contribution in [0.2, 0.25) is 0 Å². The minimum Gasteiger partial charge on any atom is -0.369 e. The van der Waals surface area contributed by atoms with Gasteiger partial charge in [0.05, 0.1) is 11.5 Å². The second-order valence-electron chi connectivity index (χ2n) is 4.60. The van der Waals surface area contributed by atoms with Gasteiger partial charge in [0.1, 0.15) is 6.61 Å². The number of hydrogen-bond donors (Lipinski definition) is 2. The van der Waals surface area contributed by atoms with Gasteiger partial charge in [-0.3, -0.25) is 9.59 Å². The Labute approximate surface area is 96.9 Å². The topological polar surface area (TPSA) is 67.4 Å². The Morgan fingerprint density at radius 1 is 1.31 bits per heavy atom. The number of ether oxygens (including phenoxy) is 1. The van der Waals surface area contributed by atoms with Gasteiger partial charge in [-0.1, -0.05) is 0 Å². The van der Waals surface area contributed by atoms with Crippen LogP contribution in [0.25, 0.3) is 0 Å². The van der Waals surface area contributed by atoms with E-state index in [-0.39, 0.29) is 24.5 Å². The molecule has 0 saturated carbocycles. The molecule has 5 nitrogen and oxygen atoms in total. The van der Waals surface area contributed by atoms with Crippen LogP contribution in [-0.2, 0) is 14.3 Å². The molecule has 0 saturated heterocycles. The van der Waals surface area contributed by atoms with E-state index in [0.29, 0.717) is 6.54 Å². The van der Waals surface area contributed by atoms with Crippen molar-refractivity contribution in [2.75, 3.05) is 20.2 Å². The van der Waals surface area contributed by atoms with Gasteiger partial charge in [-0.15, -0.1) is 0 Å². The first kappa shape index (κ1) is 14.9. The highest BCUT2D eigenvalue weighted by molar-refractivity contribution is 5.83. The molecule has 0 aromatic rings. The Morgan fingerprint density at radius 2 is 1.88 bits per heavy atom. The molecule has 0 rings (SSSR count). The highest BCUT2D eigenvalue weighted by Gasteiger charge is 2.26. The summed E-state index contributed by atoms with van der Waals surface area (Å²) in [7, 11) is 1.58. The Balaban J connectivity index is 3.95. The van der Waals surface area contributed by atoms with Crippen molar-refractivity contribution in [1.29, 1.82) is 0 Å². The summed E-state index contributed by atoms with van der Waals surface area (Å²) in [6.45, 7) is 7.60. The van der Waals surface area contributed by atoms with Crippen molar-refractivity contribution in [3.05, 3.63) is 0 Å². The van der Waals surface area contributed by atoms with Crippen LogP contribution in [0.4, 0.5) is 0 Å². The van der Waals surface area contributed by atoms with Crippen molar-refractivity contribution in [3.63, 3.8) is 0 Å². The fourth-order valence-corrected chi connectivity index (χ4v) is 1.03. The Hall–Kier alpha value is -1.10. The van der Waals surface area contributed by atoms with E-state index < -0.39 is 5.41 Å². The van der Waals surface area contributed by atoms with E-state index in [1.165, 1.54) is 0 Å². The first-order valence-electron chi connectivity index (χ1n) is 5.40. The summed E-state index contributed by atoms with van der Waals surface area (Å²) in [6.07, 6.45) is 0.0256. The van der Waals surface area contributed by atoms with E-state index in [1.807, 2.05) is 13.8 Å². The average molecular weight is 230 g/mol.